The summed E-state index contributed by atoms with van der Waals surface area (Å²) < 4.78 is 13.7. The SMILES string of the molecule is CC(=O)OCC(=O)Nc1c(I)c(CCC(=O)O)c(I)c(NC(=O)COC(C)=O)c1I.Nc1c(I)c(N)c(I)c(CCC(=O)O)c1I. The maximum Gasteiger partial charge on any atom is 0.303 e. The van der Waals surface area contributed by atoms with E-state index in [4.69, 9.17) is 21.7 Å². The van der Waals surface area contributed by atoms with Crippen LogP contribution in [-0.4, -0.2) is 59.1 Å². The second-order valence-electron chi connectivity index (χ2n) is 8.86. The molecule has 0 aliphatic carbocycles. The van der Waals surface area contributed by atoms with E-state index in [0.29, 0.717) is 45.4 Å². The van der Waals surface area contributed by atoms with Crippen molar-refractivity contribution in [2.24, 2.45) is 0 Å². The maximum atomic E-state index is 12.2. The van der Waals surface area contributed by atoms with E-state index in [1.807, 2.05) is 67.8 Å². The summed E-state index contributed by atoms with van der Waals surface area (Å²) in [4.78, 5) is 67.8. The molecule has 0 bridgehead atoms. The molecule has 0 saturated heterocycles. The fourth-order valence-electron chi connectivity index (χ4n) is 3.28. The molecule has 0 aliphatic heterocycles. The monoisotopic (exact) mass is 1320 g/mol. The van der Waals surface area contributed by atoms with Gasteiger partial charge >= 0.3 is 23.9 Å². The van der Waals surface area contributed by atoms with Gasteiger partial charge in [0.1, 0.15) is 0 Å². The number of rotatable bonds is 12. The van der Waals surface area contributed by atoms with Gasteiger partial charge in [0.2, 0.25) is 0 Å². The number of nitrogens with one attached hydrogen (secondary N) is 2. The quantitative estimate of drug-likeness (QED) is 0.0914. The third-order valence-electron chi connectivity index (χ3n) is 5.40. The number of ether oxygens (including phenoxy) is 2. The predicted molar refractivity (Wildman–Crippen MR) is 220 cm³/mol. The van der Waals surface area contributed by atoms with Crippen LogP contribution in [0.2, 0.25) is 0 Å². The van der Waals surface area contributed by atoms with Crippen molar-refractivity contribution >= 4 is 194 Å². The van der Waals surface area contributed by atoms with Gasteiger partial charge in [-0.2, -0.15) is 0 Å². The first kappa shape index (κ1) is 43.3. The molecule has 0 saturated carbocycles. The molecule has 2 rings (SSSR count). The molecule has 0 atom stereocenters. The van der Waals surface area contributed by atoms with Crippen molar-refractivity contribution in [1.82, 2.24) is 0 Å². The molecule has 0 radical (unpaired) electrons. The first-order chi connectivity index (χ1) is 21.3. The highest BCUT2D eigenvalue weighted by Crippen LogP contribution is 2.39. The lowest BCUT2D eigenvalue weighted by atomic mass is 10.1. The number of halogens is 6. The number of aliphatic carboxylic acids is 2. The molecule has 2 amide bonds. The van der Waals surface area contributed by atoms with Crippen LogP contribution in [0.4, 0.5) is 22.7 Å². The molecule has 0 aliphatic rings. The number of nitrogens with two attached hydrogens (primary N) is 2. The van der Waals surface area contributed by atoms with Gasteiger partial charge in [-0.3, -0.25) is 28.8 Å². The van der Waals surface area contributed by atoms with E-state index in [-0.39, 0.29) is 19.3 Å². The number of carbonyl (C=O) groups excluding carboxylic acids is 4. The van der Waals surface area contributed by atoms with Gasteiger partial charge < -0.3 is 41.8 Å². The van der Waals surface area contributed by atoms with Crippen molar-refractivity contribution in [3.63, 3.8) is 0 Å². The van der Waals surface area contributed by atoms with E-state index in [1.54, 1.807) is 0 Å². The van der Waals surface area contributed by atoms with Crippen molar-refractivity contribution in [2.45, 2.75) is 39.5 Å². The largest absolute Gasteiger partial charge is 0.481 e. The van der Waals surface area contributed by atoms with Crippen LogP contribution in [0.15, 0.2) is 0 Å². The molecule has 252 valence electrons. The third kappa shape index (κ3) is 13.6. The van der Waals surface area contributed by atoms with Crippen LogP contribution in [-0.2, 0) is 51.1 Å². The predicted octanol–water partition coefficient (Wildman–Crippen LogP) is 5.20. The van der Waals surface area contributed by atoms with E-state index >= 15 is 0 Å². The average Bonchev–Trinajstić information content (AvgIpc) is 2.97. The molecule has 46 heavy (non-hydrogen) atoms. The molecule has 0 heterocycles. The van der Waals surface area contributed by atoms with Gasteiger partial charge in [-0.1, -0.05) is 0 Å². The van der Waals surface area contributed by atoms with Gasteiger partial charge in [-0.05, 0) is 160 Å². The summed E-state index contributed by atoms with van der Waals surface area (Å²) in [5, 5.41) is 23.0. The molecule has 0 spiro atoms. The lowest BCUT2D eigenvalue weighted by Crippen LogP contribution is -2.24. The van der Waals surface area contributed by atoms with Gasteiger partial charge in [0.15, 0.2) is 13.2 Å². The Kier molecular flexibility index (Phi) is 19.5. The summed E-state index contributed by atoms with van der Waals surface area (Å²) in [6.07, 6.45) is 0.541. The van der Waals surface area contributed by atoms with Crippen LogP contribution in [0, 0.1) is 21.4 Å². The Hall–Kier alpha value is -0.760. The summed E-state index contributed by atoms with van der Waals surface area (Å²) in [6, 6.07) is 0. The number of carboxylic acid groups (broad SMARTS) is 2. The van der Waals surface area contributed by atoms with Crippen molar-refractivity contribution in [3.8, 4) is 0 Å². The summed E-state index contributed by atoms with van der Waals surface area (Å²) in [5.74, 6) is -4.23. The van der Waals surface area contributed by atoms with Crippen LogP contribution < -0.4 is 22.1 Å². The van der Waals surface area contributed by atoms with Gasteiger partial charge in [0.05, 0.1) is 29.9 Å². The third-order valence-corrected chi connectivity index (χ3v) is 12.5. The Bertz CT molecular complexity index is 1470. The first-order valence-corrected chi connectivity index (χ1v) is 19.0. The Morgan fingerprint density at radius 2 is 0.913 bits per heavy atom. The highest BCUT2D eigenvalue weighted by atomic mass is 127. The standard InChI is InChI=1S/C17H17I3N2O8.C9H9I3N2O2/c1-7(23)29-5-10(25)21-16-13(18)9(3-4-12(27)28)14(19)17(15(16)20)22-11(26)6-30-8(2)24;10-5-3(1-2-4(15)16)6(11)9(14)7(12)8(5)13/h3-6H2,1-2H3,(H,21,25)(H,22,26)(H,27,28);1-2,13-14H2,(H,15,16). The lowest BCUT2D eigenvalue weighted by molar-refractivity contribution is -0.145. The van der Waals surface area contributed by atoms with Crippen LogP contribution in [0.3, 0.4) is 0 Å². The zero-order valence-electron chi connectivity index (χ0n) is 23.8. The molecular weight excluding hydrogens is 1290 g/mol. The number of nitrogen functional groups attached to an aromatic ring is 2. The topological polar surface area (TPSA) is 237 Å². The van der Waals surface area contributed by atoms with Crippen LogP contribution >= 0.6 is 136 Å². The normalized spacial score (nSPS) is 10.3. The minimum atomic E-state index is -0.999. The molecule has 0 fully saturated rings. The summed E-state index contributed by atoms with van der Waals surface area (Å²) in [5.41, 5.74) is 15.3. The van der Waals surface area contributed by atoms with Gasteiger partial charge in [0.25, 0.3) is 11.8 Å². The Balaban J connectivity index is 0.000000554. The minimum Gasteiger partial charge on any atom is -0.481 e. The van der Waals surface area contributed by atoms with Crippen molar-refractivity contribution in [1.29, 1.82) is 0 Å². The summed E-state index contributed by atoms with van der Waals surface area (Å²) in [6.45, 7) is 1.36. The van der Waals surface area contributed by atoms with E-state index in [2.05, 4.69) is 87.9 Å². The van der Waals surface area contributed by atoms with Crippen LogP contribution in [0.25, 0.3) is 0 Å². The minimum absolute atomic E-state index is 0.0888. The molecule has 2 aromatic carbocycles. The highest BCUT2D eigenvalue weighted by Gasteiger charge is 2.24. The number of benzene rings is 2. The van der Waals surface area contributed by atoms with E-state index in [9.17, 15) is 28.8 Å². The maximum absolute atomic E-state index is 12.2. The number of hydrogen-bond acceptors (Lipinski definition) is 10. The van der Waals surface area contributed by atoms with E-state index in [1.165, 1.54) is 13.8 Å². The Morgan fingerprint density at radius 3 is 1.22 bits per heavy atom. The number of amides is 2. The van der Waals surface area contributed by atoms with Crippen LogP contribution in [0.5, 0.6) is 0 Å². The number of hydrogen-bond donors (Lipinski definition) is 6. The van der Waals surface area contributed by atoms with E-state index < -0.39 is 48.9 Å². The average molecular weight is 1320 g/mol. The zero-order chi connectivity index (χ0) is 35.5. The Morgan fingerprint density at radius 1 is 0.587 bits per heavy atom. The lowest BCUT2D eigenvalue weighted by Gasteiger charge is -2.20. The second-order valence-corrected chi connectivity index (χ2v) is 15.3. The summed E-state index contributed by atoms with van der Waals surface area (Å²) in [7, 11) is 0. The van der Waals surface area contributed by atoms with Crippen molar-refractivity contribution in [2.75, 3.05) is 35.3 Å². The molecule has 0 aromatic heterocycles. The van der Waals surface area contributed by atoms with Crippen molar-refractivity contribution < 1.29 is 48.5 Å². The molecule has 14 nitrogen and oxygen atoms in total. The smallest absolute Gasteiger partial charge is 0.303 e. The Labute approximate surface area is 345 Å². The van der Waals surface area contributed by atoms with Crippen LogP contribution in [0.1, 0.15) is 37.8 Å². The van der Waals surface area contributed by atoms with Gasteiger partial charge in [-0.25, -0.2) is 0 Å². The van der Waals surface area contributed by atoms with E-state index in [0.717, 1.165) is 16.3 Å². The van der Waals surface area contributed by atoms with Gasteiger partial charge in [0, 0.05) is 41.0 Å². The zero-order valence-corrected chi connectivity index (χ0v) is 36.8. The fraction of sp³-hybridized carbons (Fsp3) is 0.308. The van der Waals surface area contributed by atoms with Gasteiger partial charge in [-0.15, -0.1) is 0 Å². The fourth-order valence-corrected chi connectivity index (χ4v) is 11.2. The number of carboxylic acids is 2. The molecule has 8 N–H and O–H groups in total. The highest BCUT2D eigenvalue weighted by molar-refractivity contribution is 14.1. The second kappa shape index (κ2) is 20.7. The molecule has 2 aromatic rings. The number of esters is 2. The molecular formula is C26H26I6N4O10. The number of carbonyl (C=O) groups is 6. The number of anilines is 4. The first-order valence-electron chi connectivity index (χ1n) is 12.5. The molecule has 0 unspecified atom stereocenters. The van der Waals surface area contributed by atoms with Crippen molar-refractivity contribution in [3.05, 3.63) is 32.5 Å². The molecule has 20 heteroatoms. The summed E-state index contributed by atoms with van der Waals surface area (Å²) >= 11 is 12.3.